The van der Waals surface area contributed by atoms with Crippen LogP contribution in [0.5, 0.6) is 0 Å². The van der Waals surface area contributed by atoms with Crippen LogP contribution in [0.4, 0.5) is 4.79 Å². The van der Waals surface area contributed by atoms with Gasteiger partial charge in [0.1, 0.15) is 11.9 Å². The molecule has 15 heavy (non-hydrogen) atoms. The van der Waals surface area contributed by atoms with Gasteiger partial charge < -0.3 is 10.6 Å². The molecular formula is C9H14N4O2. The molecule has 1 aromatic heterocycles. The molecule has 0 saturated heterocycles. The van der Waals surface area contributed by atoms with Crippen molar-refractivity contribution in [1.29, 1.82) is 0 Å². The molecule has 6 nitrogen and oxygen atoms in total. The van der Waals surface area contributed by atoms with E-state index in [1.807, 2.05) is 0 Å². The zero-order valence-electron chi connectivity index (χ0n) is 8.94. The van der Waals surface area contributed by atoms with Crippen LogP contribution in [0.2, 0.25) is 0 Å². The van der Waals surface area contributed by atoms with Crippen LogP contribution in [-0.2, 0) is 4.79 Å². The van der Waals surface area contributed by atoms with Crippen LogP contribution in [0.3, 0.4) is 0 Å². The fraction of sp³-hybridized carbons (Fsp3) is 0.444. The van der Waals surface area contributed by atoms with E-state index in [0.29, 0.717) is 0 Å². The number of rotatable bonds is 2. The van der Waals surface area contributed by atoms with E-state index in [0.717, 1.165) is 0 Å². The summed E-state index contributed by atoms with van der Waals surface area (Å²) in [6.45, 7) is 3.25. The molecule has 0 fully saturated rings. The van der Waals surface area contributed by atoms with Crippen LogP contribution in [0.25, 0.3) is 0 Å². The molecule has 1 heterocycles. The first-order valence-corrected chi connectivity index (χ1v) is 4.50. The Balaban J connectivity index is 2.70. The van der Waals surface area contributed by atoms with Crippen molar-refractivity contribution in [3.8, 4) is 0 Å². The minimum atomic E-state index is -0.948. The SMILES string of the molecule is CNC(=O)C(C)(C)NC(=O)n1ccnc1. The summed E-state index contributed by atoms with van der Waals surface area (Å²) in [5.74, 6) is -0.254. The van der Waals surface area contributed by atoms with Crippen LogP contribution in [0, 0.1) is 0 Å². The lowest BCUT2D eigenvalue weighted by Gasteiger charge is -2.23. The summed E-state index contributed by atoms with van der Waals surface area (Å²) in [6.07, 6.45) is 4.37. The molecule has 2 N–H and O–H groups in total. The van der Waals surface area contributed by atoms with E-state index >= 15 is 0 Å². The van der Waals surface area contributed by atoms with E-state index in [4.69, 9.17) is 0 Å². The largest absolute Gasteiger partial charge is 0.357 e. The van der Waals surface area contributed by atoms with Crippen LogP contribution < -0.4 is 10.6 Å². The van der Waals surface area contributed by atoms with Crippen molar-refractivity contribution >= 4 is 11.9 Å². The Morgan fingerprint density at radius 1 is 1.40 bits per heavy atom. The molecule has 0 bridgehead atoms. The lowest BCUT2D eigenvalue weighted by Crippen LogP contribution is -2.54. The average Bonchev–Trinajstić information content (AvgIpc) is 2.68. The topological polar surface area (TPSA) is 76.0 Å². The molecule has 0 spiro atoms. The molecule has 0 atom stereocenters. The second-order valence-electron chi connectivity index (χ2n) is 3.60. The van der Waals surface area contributed by atoms with Gasteiger partial charge in [0.15, 0.2) is 0 Å². The van der Waals surface area contributed by atoms with E-state index in [-0.39, 0.29) is 11.9 Å². The average molecular weight is 210 g/mol. The zero-order chi connectivity index (χ0) is 11.5. The van der Waals surface area contributed by atoms with Gasteiger partial charge >= 0.3 is 6.03 Å². The fourth-order valence-corrected chi connectivity index (χ4v) is 1.08. The second kappa shape index (κ2) is 4.12. The molecule has 6 heteroatoms. The number of aromatic nitrogens is 2. The molecule has 0 aromatic carbocycles. The monoisotopic (exact) mass is 210 g/mol. The Morgan fingerprint density at radius 2 is 2.07 bits per heavy atom. The van der Waals surface area contributed by atoms with Crippen molar-refractivity contribution in [2.24, 2.45) is 0 Å². The molecule has 0 aliphatic carbocycles. The number of nitrogens with one attached hydrogen (secondary N) is 2. The van der Waals surface area contributed by atoms with E-state index in [9.17, 15) is 9.59 Å². The molecule has 0 aliphatic heterocycles. The second-order valence-corrected chi connectivity index (χ2v) is 3.60. The van der Waals surface area contributed by atoms with Crippen molar-refractivity contribution < 1.29 is 9.59 Å². The standard InChI is InChI=1S/C9H14N4O2/c1-9(2,7(14)10-3)12-8(15)13-5-4-11-6-13/h4-6H,1-3H3,(H,10,14)(H,12,15). The molecular weight excluding hydrogens is 196 g/mol. The molecule has 0 saturated carbocycles. The minimum absolute atomic E-state index is 0.254. The highest BCUT2D eigenvalue weighted by Crippen LogP contribution is 2.02. The van der Waals surface area contributed by atoms with E-state index in [1.165, 1.54) is 30.3 Å². The van der Waals surface area contributed by atoms with Gasteiger partial charge in [-0.05, 0) is 13.8 Å². The Labute approximate surface area is 87.7 Å². The lowest BCUT2D eigenvalue weighted by molar-refractivity contribution is -0.125. The molecule has 0 unspecified atom stereocenters. The fourth-order valence-electron chi connectivity index (χ4n) is 1.08. The van der Waals surface area contributed by atoms with Gasteiger partial charge in [0, 0.05) is 19.4 Å². The Bertz CT molecular complexity index is 356. The number of hydrogen-bond donors (Lipinski definition) is 2. The number of imidazole rings is 1. The Morgan fingerprint density at radius 3 is 2.53 bits per heavy atom. The zero-order valence-corrected chi connectivity index (χ0v) is 8.94. The smallest absolute Gasteiger partial charge is 0.327 e. The van der Waals surface area contributed by atoms with E-state index < -0.39 is 5.54 Å². The minimum Gasteiger partial charge on any atom is -0.357 e. The highest BCUT2D eigenvalue weighted by atomic mass is 16.2. The Kier molecular flexibility index (Phi) is 3.08. The van der Waals surface area contributed by atoms with E-state index in [1.54, 1.807) is 13.8 Å². The molecule has 1 aromatic rings. The van der Waals surface area contributed by atoms with Crippen LogP contribution >= 0.6 is 0 Å². The highest BCUT2D eigenvalue weighted by molar-refractivity contribution is 5.90. The van der Waals surface area contributed by atoms with Gasteiger partial charge in [-0.25, -0.2) is 9.78 Å². The van der Waals surface area contributed by atoms with Gasteiger partial charge in [0.2, 0.25) is 5.91 Å². The maximum Gasteiger partial charge on any atom is 0.327 e. The van der Waals surface area contributed by atoms with Crippen molar-refractivity contribution in [1.82, 2.24) is 20.2 Å². The number of nitrogens with zero attached hydrogens (tertiary/aromatic N) is 2. The van der Waals surface area contributed by atoms with Gasteiger partial charge in [-0.15, -0.1) is 0 Å². The quantitative estimate of drug-likeness (QED) is 0.719. The summed E-state index contributed by atoms with van der Waals surface area (Å²) >= 11 is 0. The summed E-state index contributed by atoms with van der Waals surface area (Å²) in [5.41, 5.74) is -0.948. The number of carbonyl (C=O) groups excluding carboxylic acids is 2. The van der Waals surface area contributed by atoms with Gasteiger partial charge in [0.25, 0.3) is 0 Å². The molecule has 82 valence electrons. The third kappa shape index (κ3) is 2.55. The predicted octanol–water partition coefficient (Wildman–Crippen LogP) is -0.0346. The summed E-state index contributed by atoms with van der Waals surface area (Å²) in [7, 11) is 1.52. The highest BCUT2D eigenvalue weighted by Gasteiger charge is 2.28. The van der Waals surface area contributed by atoms with Gasteiger partial charge in [0.05, 0.1) is 0 Å². The van der Waals surface area contributed by atoms with Crippen molar-refractivity contribution in [3.05, 3.63) is 18.7 Å². The third-order valence-electron chi connectivity index (χ3n) is 1.95. The number of carbonyl (C=O) groups is 2. The summed E-state index contributed by atoms with van der Waals surface area (Å²) in [4.78, 5) is 26.7. The number of hydrogen-bond acceptors (Lipinski definition) is 3. The molecule has 0 radical (unpaired) electrons. The first-order valence-electron chi connectivity index (χ1n) is 4.50. The number of likely N-dealkylation sites (N-methyl/N-ethyl adjacent to an activating group) is 1. The number of amides is 2. The lowest BCUT2D eigenvalue weighted by atomic mass is 10.1. The Hall–Kier alpha value is -1.85. The van der Waals surface area contributed by atoms with Crippen LogP contribution in [0.1, 0.15) is 13.8 Å². The summed E-state index contributed by atoms with van der Waals surface area (Å²) < 4.78 is 1.27. The van der Waals surface area contributed by atoms with Crippen molar-refractivity contribution in [2.45, 2.75) is 19.4 Å². The maximum absolute atomic E-state index is 11.6. The summed E-state index contributed by atoms with van der Waals surface area (Å²) in [5, 5.41) is 5.06. The van der Waals surface area contributed by atoms with Crippen molar-refractivity contribution in [3.63, 3.8) is 0 Å². The van der Waals surface area contributed by atoms with Crippen LogP contribution in [-0.4, -0.2) is 34.1 Å². The van der Waals surface area contributed by atoms with Gasteiger partial charge in [-0.3, -0.25) is 9.36 Å². The summed E-state index contributed by atoms with van der Waals surface area (Å²) in [6, 6.07) is -0.388. The maximum atomic E-state index is 11.6. The third-order valence-corrected chi connectivity index (χ3v) is 1.95. The molecule has 1 rings (SSSR count). The van der Waals surface area contributed by atoms with Crippen molar-refractivity contribution in [2.75, 3.05) is 7.05 Å². The molecule has 0 aliphatic rings. The first kappa shape index (κ1) is 11.2. The first-order chi connectivity index (χ1) is 6.97. The predicted molar refractivity (Wildman–Crippen MR) is 54.3 cm³/mol. The molecule has 2 amide bonds. The van der Waals surface area contributed by atoms with E-state index in [2.05, 4.69) is 15.6 Å². The van der Waals surface area contributed by atoms with Gasteiger partial charge in [-0.1, -0.05) is 0 Å². The van der Waals surface area contributed by atoms with Crippen LogP contribution in [0.15, 0.2) is 18.7 Å². The normalized spacial score (nSPS) is 10.9. The van der Waals surface area contributed by atoms with Gasteiger partial charge in [-0.2, -0.15) is 0 Å².